The molecule has 0 saturated carbocycles. The van der Waals surface area contributed by atoms with Crippen molar-refractivity contribution in [3.05, 3.63) is 152 Å². The lowest BCUT2D eigenvalue weighted by Gasteiger charge is -2.22. The molecule has 2 heterocycles. The molecule has 42 heavy (non-hydrogen) atoms. The van der Waals surface area contributed by atoms with Gasteiger partial charge in [-0.25, -0.2) is 4.98 Å². The molecule has 0 radical (unpaired) electrons. The van der Waals surface area contributed by atoms with Gasteiger partial charge >= 0.3 is 0 Å². The molecular weight excluding hydrogens is 531 g/mol. The Kier molecular flexibility index (Phi) is 5.73. The van der Waals surface area contributed by atoms with Crippen molar-refractivity contribution in [3.8, 4) is 11.3 Å². The SMILES string of the molecule is O=P(c1ccccc1)(c1ccccc1)c1ccc(-c2nc3ccccc3c3c2ccc2ccccc23)c2ncccc12. The topological polar surface area (TPSA) is 42.9 Å². The van der Waals surface area contributed by atoms with Gasteiger partial charge < -0.3 is 4.57 Å². The summed E-state index contributed by atoms with van der Waals surface area (Å²) >= 11 is 0. The molecule has 0 spiro atoms. The Labute approximate surface area is 243 Å². The van der Waals surface area contributed by atoms with E-state index >= 15 is 4.57 Å². The third-order valence-corrected chi connectivity index (χ3v) is 11.3. The van der Waals surface area contributed by atoms with Crippen LogP contribution >= 0.6 is 7.14 Å². The summed E-state index contributed by atoms with van der Waals surface area (Å²) in [6, 6.07) is 48.8. The molecule has 0 unspecified atom stereocenters. The van der Waals surface area contributed by atoms with Gasteiger partial charge in [0.2, 0.25) is 0 Å². The van der Waals surface area contributed by atoms with Crippen LogP contribution < -0.4 is 15.9 Å². The van der Waals surface area contributed by atoms with Gasteiger partial charge in [-0.3, -0.25) is 4.98 Å². The van der Waals surface area contributed by atoms with Crippen LogP contribution in [0.2, 0.25) is 0 Å². The molecule has 0 atom stereocenters. The summed E-state index contributed by atoms with van der Waals surface area (Å²) in [6.45, 7) is 0. The summed E-state index contributed by atoms with van der Waals surface area (Å²) in [5.41, 5.74) is 3.52. The predicted octanol–water partition coefficient (Wildman–Crippen LogP) is 8.40. The lowest BCUT2D eigenvalue weighted by Crippen LogP contribution is -2.25. The molecule has 198 valence electrons. The number of pyridine rings is 2. The van der Waals surface area contributed by atoms with Crippen LogP contribution in [-0.4, -0.2) is 9.97 Å². The van der Waals surface area contributed by atoms with Crippen molar-refractivity contribution < 1.29 is 4.57 Å². The van der Waals surface area contributed by atoms with E-state index in [9.17, 15) is 0 Å². The summed E-state index contributed by atoms with van der Waals surface area (Å²) in [5, 5.41) is 9.02. The van der Waals surface area contributed by atoms with Crippen molar-refractivity contribution in [2.75, 3.05) is 0 Å². The average molecular weight is 557 g/mol. The fourth-order valence-corrected chi connectivity index (χ4v) is 9.10. The zero-order chi connectivity index (χ0) is 28.1. The molecule has 0 aliphatic heterocycles. The van der Waals surface area contributed by atoms with E-state index in [-0.39, 0.29) is 0 Å². The highest BCUT2D eigenvalue weighted by Crippen LogP contribution is 2.46. The van der Waals surface area contributed by atoms with E-state index in [0.29, 0.717) is 0 Å². The van der Waals surface area contributed by atoms with Gasteiger partial charge in [-0.1, -0.05) is 121 Å². The number of rotatable bonds is 4. The fourth-order valence-electron chi connectivity index (χ4n) is 6.25. The zero-order valence-electron chi connectivity index (χ0n) is 22.7. The van der Waals surface area contributed by atoms with Crippen LogP contribution in [0.4, 0.5) is 0 Å². The highest BCUT2D eigenvalue weighted by atomic mass is 31.2. The van der Waals surface area contributed by atoms with Gasteiger partial charge in [0.05, 0.1) is 16.7 Å². The highest BCUT2D eigenvalue weighted by molar-refractivity contribution is 7.85. The van der Waals surface area contributed by atoms with Gasteiger partial charge in [-0.15, -0.1) is 0 Å². The van der Waals surface area contributed by atoms with Crippen molar-refractivity contribution >= 4 is 66.4 Å². The highest BCUT2D eigenvalue weighted by Gasteiger charge is 2.32. The summed E-state index contributed by atoms with van der Waals surface area (Å²) < 4.78 is 15.4. The monoisotopic (exact) mass is 556 g/mol. The molecule has 6 aromatic carbocycles. The first-order valence-electron chi connectivity index (χ1n) is 14.0. The Morgan fingerprint density at radius 1 is 0.500 bits per heavy atom. The maximum absolute atomic E-state index is 15.4. The number of fused-ring (bicyclic) bond motifs is 6. The minimum absolute atomic E-state index is 0.780. The molecular formula is C38H25N2OP. The first-order chi connectivity index (χ1) is 20.7. The van der Waals surface area contributed by atoms with Crippen LogP contribution in [0.5, 0.6) is 0 Å². The first-order valence-corrected chi connectivity index (χ1v) is 15.7. The van der Waals surface area contributed by atoms with Crippen molar-refractivity contribution in [2.24, 2.45) is 0 Å². The Bertz CT molecular complexity index is 2270. The summed E-state index contributed by atoms with van der Waals surface area (Å²) in [7, 11) is -3.21. The number of hydrogen-bond acceptors (Lipinski definition) is 3. The van der Waals surface area contributed by atoms with Crippen molar-refractivity contribution in [1.29, 1.82) is 0 Å². The molecule has 0 amide bonds. The van der Waals surface area contributed by atoms with E-state index < -0.39 is 7.14 Å². The quantitative estimate of drug-likeness (QED) is 0.162. The van der Waals surface area contributed by atoms with Crippen LogP contribution in [0.1, 0.15) is 0 Å². The predicted molar refractivity (Wildman–Crippen MR) is 177 cm³/mol. The summed E-state index contributed by atoms with van der Waals surface area (Å²) in [6.07, 6.45) is 1.81. The van der Waals surface area contributed by atoms with Crippen LogP contribution in [0, 0.1) is 0 Å². The van der Waals surface area contributed by atoms with Crippen molar-refractivity contribution in [1.82, 2.24) is 9.97 Å². The molecule has 3 nitrogen and oxygen atoms in total. The number of nitrogens with zero attached hydrogens (tertiary/aromatic N) is 2. The molecule has 0 fully saturated rings. The first kappa shape index (κ1) is 24.7. The van der Waals surface area contributed by atoms with Crippen LogP contribution in [0.3, 0.4) is 0 Å². The standard InChI is InChI=1S/C38H25N2OP/c41-42(27-13-3-1-4-14-27,28-15-5-2-6-16-28)35-24-23-33(37-31(35)19-11-25-39-37)38-32-22-21-26-12-7-8-17-29(26)36(32)30-18-9-10-20-34(30)40-38/h1-25H. The van der Waals surface area contributed by atoms with Crippen LogP contribution in [-0.2, 0) is 4.57 Å². The molecule has 0 N–H and O–H groups in total. The minimum Gasteiger partial charge on any atom is -0.309 e. The van der Waals surface area contributed by atoms with Gasteiger partial charge in [-0.2, -0.15) is 0 Å². The van der Waals surface area contributed by atoms with E-state index in [2.05, 4.69) is 60.7 Å². The normalized spacial score (nSPS) is 11.9. The van der Waals surface area contributed by atoms with Gasteiger partial charge in [0, 0.05) is 49.2 Å². The van der Waals surface area contributed by atoms with Crippen molar-refractivity contribution in [3.63, 3.8) is 0 Å². The molecule has 8 rings (SSSR count). The molecule has 2 aromatic heterocycles. The molecule has 4 heteroatoms. The number of hydrogen-bond donors (Lipinski definition) is 0. The smallest absolute Gasteiger partial charge is 0.171 e. The second kappa shape index (κ2) is 9.76. The Morgan fingerprint density at radius 3 is 1.90 bits per heavy atom. The lowest BCUT2D eigenvalue weighted by atomic mass is 9.94. The zero-order valence-corrected chi connectivity index (χ0v) is 23.6. The van der Waals surface area contributed by atoms with E-state index in [1.165, 1.54) is 16.2 Å². The fraction of sp³-hybridized carbons (Fsp3) is 0. The Morgan fingerprint density at radius 2 is 1.14 bits per heavy atom. The molecule has 0 aliphatic rings. The second-order valence-electron chi connectivity index (χ2n) is 10.5. The van der Waals surface area contributed by atoms with E-state index in [1.807, 2.05) is 91.1 Å². The number of benzene rings is 6. The van der Waals surface area contributed by atoms with E-state index in [0.717, 1.165) is 54.4 Å². The molecule has 0 bridgehead atoms. The average Bonchev–Trinajstić information content (AvgIpc) is 3.07. The van der Waals surface area contributed by atoms with Gasteiger partial charge in [0.25, 0.3) is 0 Å². The van der Waals surface area contributed by atoms with E-state index in [1.54, 1.807) is 0 Å². The number of aromatic nitrogens is 2. The largest absolute Gasteiger partial charge is 0.309 e. The van der Waals surface area contributed by atoms with Crippen molar-refractivity contribution in [2.45, 2.75) is 0 Å². The summed E-state index contributed by atoms with van der Waals surface area (Å²) in [4.78, 5) is 10.1. The van der Waals surface area contributed by atoms with Gasteiger partial charge in [0.1, 0.15) is 0 Å². The van der Waals surface area contributed by atoms with Gasteiger partial charge in [0.15, 0.2) is 7.14 Å². The van der Waals surface area contributed by atoms with Crippen LogP contribution in [0.15, 0.2) is 152 Å². The van der Waals surface area contributed by atoms with E-state index in [4.69, 9.17) is 9.97 Å². The third kappa shape index (κ3) is 3.71. The Balaban J connectivity index is 1.47. The lowest BCUT2D eigenvalue weighted by molar-refractivity contribution is 0.592. The maximum Gasteiger partial charge on any atom is 0.171 e. The summed E-state index contributed by atoms with van der Waals surface area (Å²) in [5.74, 6) is 0. The Hall–Kier alpha value is -5.11. The third-order valence-electron chi connectivity index (χ3n) is 8.17. The maximum atomic E-state index is 15.4. The van der Waals surface area contributed by atoms with Gasteiger partial charge in [-0.05, 0) is 35.0 Å². The minimum atomic E-state index is -3.21. The number of para-hydroxylation sites is 1. The van der Waals surface area contributed by atoms with Crippen LogP contribution in [0.25, 0.3) is 54.6 Å². The second-order valence-corrected chi connectivity index (χ2v) is 13.2. The molecule has 8 aromatic rings. The molecule has 0 aliphatic carbocycles. The molecule has 0 saturated heterocycles.